The third kappa shape index (κ3) is 1.70. The molecule has 0 aromatic rings. The summed E-state index contributed by atoms with van der Waals surface area (Å²) >= 11 is 0. The smallest absolute Gasteiger partial charge is 0.227 e. The predicted molar refractivity (Wildman–Crippen MR) is 39.6 cm³/mol. The van der Waals surface area contributed by atoms with E-state index in [4.69, 9.17) is 5.11 Å². The number of aliphatic hydroxyl groups excluding tert-OH is 1. The molecule has 0 aromatic carbocycles. The van der Waals surface area contributed by atoms with Crippen LogP contribution in [0.3, 0.4) is 0 Å². The number of rotatable bonds is 3. The third-order valence-electron chi connectivity index (χ3n) is 1.90. The van der Waals surface area contributed by atoms with Gasteiger partial charge in [-0.25, -0.2) is 0 Å². The van der Waals surface area contributed by atoms with Gasteiger partial charge in [0, 0.05) is 7.05 Å². The minimum Gasteiger partial charge on any atom is -0.395 e. The second-order valence-electron chi connectivity index (χ2n) is 2.65. The summed E-state index contributed by atoms with van der Waals surface area (Å²) < 4.78 is 0. The Kier molecular flexibility index (Phi) is 3.36. The monoisotopic (exact) mass is 145 g/mol. The first kappa shape index (κ1) is 9.43. The summed E-state index contributed by atoms with van der Waals surface area (Å²) in [5, 5.41) is 11.3. The number of nitrogens with one attached hydrogen (secondary N) is 1. The van der Waals surface area contributed by atoms with Crippen LogP contribution in [0.4, 0.5) is 0 Å². The Morgan fingerprint density at radius 1 is 1.70 bits per heavy atom. The summed E-state index contributed by atoms with van der Waals surface area (Å²) in [4.78, 5) is 11.0. The first-order chi connectivity index (χ1) is 4.60. The lowest BCUT2D eigenvalue weighted by Crippen LogP contribution is -2.39. The Hall–Kier alpha value is -0.570. The van der Waals surface area contributed by atoms with Gasteiger partial charge in [0.2, 0.25) is 5.91 Å². The fraction of sp³-hybridized carbons (Fsp3) is 0.857. The van der Waals surface area contributed by atoms with Crippen molar-refractivity contribution in [2.24, 2.45) is 5.41 Å². The van der Waals surface area contributed by atoms with E-state index in [1.54, 1.807) is 14.0 Å². The Bertz CT molecular complexity index is 119. The van der Waals surface area contributed by atoms with Gasteiger partial charge in [-0.1, -0.05) is 6.92 Å². The summed E-state index contributed by atoms with van der Waals surface area (Å²) in [5.41, 5.74) is -0.602. The molecule has 0 bridgehead atoms. The molecule has 0 fully saturated rings. The second kappa shape index (κ2) is 3.56. The summed E-state index contributed by atoms with van der Waals surface area (Å²) in [6.07, 6.45) is 0.656. The van der Waals surface area contributed by atoms with Crippen LogP contribution in [-0.2, 0) is 4.79 Å². The Morgan fingerprint density at radius 3 is 2.30 bits per heavy atom. The number of carbonyl (C=O) groups excluding carboxylic acids is 1. The van der Waals surface area contributed by atoms with Crippen LogP contribution in [0.25, 0.3) is 0 Å². The van der Waals surface area contributed by atoms with Crippen molar-refractivity contribution < 1.29 is 9.90 Å². The molecule has 0 saturated carbocycles. The van der Waals surface area contributed by atoms with Crippen molar-refractivity contribution in [3.63, 3.8) is 0 Å². The van der Waals surface area contributed by atoms with Gasteiger partial charge in [-0.3, -0.25) is 4.79 Å². The highest BCUT2D eigenvalue weighted by atomic mass is 16.3. The molecule has 0 aliphatic heterocycles. The van der Waals surface area contributed by atoms with Gasteiger partial charge < -0.3 is 10.4 Å². The molecule has 1 amide bonds. The molecule has 0 aliphatic rings. The van der Waals surface area contributed by atoms with Gasteiger partial charge in [0.05, 0.1) is 12.0 Å². The highest BCUT2D eigenvalue weighted by molar-refractivity contribution is 5.81. The fourth-order valence-electron chi connectivity index (χ4n) is 0.646. The van der Waals surface area contributed by atoms with Crippen molar-refractivity contribution in [2.75, 3.05) is 13.7 Å². The predicted octanol–water partition coefficient (Wildman–Crippen LogP) is 0.141. The van der Waals surface area contributed by atoms with Gasteiger partial charge in [0.15, 0.2) is 0 Å². The van der Waals surface area contributed by atoms with Gasteiger partial charge >= 0.3 is 0 Å². The van der Waals surface area contributed by atoms with Crippen LogP contribution < -0.4 is 5.32 Å². The van der Waals surface area contributed by atoms with E-state index in [0.29, 0.717) is 6.42 Å². The second-order valence-corrected chi connectivity index (χ2v) is 2.65. The van der Waals surface area contributed by atoms with E-state index in [0.717, 1.165) is 0 Å². The van der Waals surface area contributed by atoms with Crippen molar-refractivity contribution in [3.8, 4) is 0 Å². The fourth-order valence-corrected chi connectivity index (χ4v) is 0.646. The van der Waals surface area contributed by atoms with Crippen LogP contribution in [0, 0.1) is 5.41 Å². The quantitative estimate of drug-likeness (QED) is 0.593. The average molecular weight is 145 g/mol. The number of carbonyl (C=O) groups is 1. The molecular weight excluding hydrogens is 130 g/mol. The van der Waals surface area contributed by atoms with E-state index < -0.39 is 5.41 Å². The number of aliphatic hydroxyl groups is 1. The zero-order valence-electron chi connectivity index (χ0n) is 6.77. The number of amides is 1. The molecule has 0 aliphatic carbocycles. The van der Waals surface area contributed by atoms with Crippen molar-refractivity contribution in [1.29, 1.82) is 0 Å². The molecule has 0 spiro atoms. The molecule has 0 radical (unpaired) electrons. The van der Waals surface area contributed by atoms with Gasteiger partial charge in [-0.15, -0.1) is 0 Å². The van der Waals surface area contributed by atoms with E-state index in [2.05, 4.69) is 5.32 Å². The van der Waals surface area contributed by atoms with Gasteiger partial charge in [0.1, 0.15) is 0 Å². The molecule has 1 unspecified atom stereocenters. The van der Waals surface area contributed by atoms with Crippen molar-refractivity contribution >= 4 is 5.91 Å². The Morgan fingerprint density at radius 2 is 2.20 bits per heavy atom. The largest absolute Gasteiger partial charge is 0.395 e. The van der Waals surface area contributed by atoms with E-state index in [1.165, 1.54) is 0 Å². The molecule has 2 N–H and O–H groups in total. The van der Waals surface area contributed by atoms with Crippen LogP contribution in [0.1, 0.15) is 20.3 Å². The molecule has 0 heterocycles. The zero-order chi connectivity index (χ0) is 8.20. The maximum atomic E-state index is 11.0. The number of hydrogen-bond donors (Lipinski definition) is 2. The summed E-state index contributed by atoms with van der Waals surface area (Å²) in [7, 11) is 1.58. The SMILES string of the molecule is CCC(C)(CO)C(=O)NC. The van der Waals surface area contributed by atoms with Crippen molar-refractivity contribution in [3.05, 3.63) is 0 Å². The average Bonchev–Trinajstić information content (AvgIpc) is 2.01. The topological polar surface area (TPSA) is 49.3 Å². The van der Waals surface area contributed by atoms with Crippen molar-refractivity contribution in [2.45, 2.75) is 20.3 Å². The lowest BCUT2D eigenvalue weighted by atomic mass is 9.88. The van der Waals surface area contributed by atoms with Gasteiger partial charge in [-0.05, 0) is 13.3 Å². The van der Waals surface area contributed by atoms with Gasteiger partial charge in [0.25, 0.3) is 0 Å². The minimum atomic E-state index is -0.602. The highest BCUT2D eigenvalue weighted by Crippen LogP contribution is 2.19. The highest BCUT2D eigenvalue weighted by Gasteiger charge is 2.28. The van der Waals surface area contributed by atoms with Crippen LogP contribution in [0.2, 0.25) is 0 Å². The lowest BCUT2D eigenvalue weighted by molar-refractivity contribution is -0.132. The molecule has 0 saturated heterocycles. The Labute approximate surface area is 61.4 Å². The van der Waals surface area contributed by atoms with Crippen molar-refractivity contribution in [1.82, 2.24) is 5.32 Å². The summed E-state index contributed by atoms with van der Waals surface area (Å²) in [6.45, 7) is 3.53. The number of hydrogen-bond acceptors (Lipinski definition) is 2. The maximum absolute atomic E-state index is 11.0. The summed E-state index contributed by atoms with van der Waals surface area (Å²) in [5.74, 6) is -0.0995. The third-order valence-corrected chi connectivity index (χ3v) is 1.90. The molecule has 0 aromatic heterocycles. The lowest BCUT2D eigenvalue weighted by Gasteiger charge is -2.22. The normalized spacial score (nSPS) is 16.0. The van der Waals surface area contributed by atoms with E-state index in [1.807, 2.05) is 6.92 Å². The maximum Gasteiger partial charge on any atom is 0.227 e. The molecule has 10 heavy (non-hydrogen) atoms. The first-order valence-corrected chi connectivity index (χ1v) is 3.43. The van der Waals surface area contributed by atoms with Crippen LogP contribution >= 0.6 is 0 Å². The van der Waals surface area contributed by atoms with Crippen LogP contribution in [0.5, 0.6) is 0 Å². The molecule has 1 atom stereocenters. The molecular formula is C7H15NO2. The van der Waals surface area contributed by atoms with E-state index >= 15 is 0 Å². The zero-order valence-corrected chi connectivity index (χ0v) is 6.77. The molecule has 60 valence electrons. The van der Waals surface area contributed by atoms with Crippen LogP contribution in [0.15, 0.2) is 0 Å². The van der Waals surface area contributed by atoms with E-state index in [-0.39, 0.29) is 12.5 Å². The molecule has 3 heteroatoms. The summed E-state index contributed by atoms with van der Waals surface area (Å²) in [6, 6.07) is 0. The van der Waals surface area contributed by atoms with E-state index in [9.17, 15) is 4.79 Å². The standard InChI is InChI=1S/C7H15NO2/c1-4-7(2,5-9)6(10)8-3/h9H,4-5H2,1-3H3,(H,8,10). The first-order valence-electron chi connectivity index (χ1n) is 3.43. The molecule has 3 nitrogen and oxygen atoms in total. The van der Waals surface area contributed by atoms with Gasteiger partial charge in [-0.2, -0.15) is 0 Å². The minimum absolute atomic E-state index is 0.0941. The van der Waals surface area contributed by atoms with Crippen LogP contribution in [-0.4, -0.2) is 24.7 Å². The Balaban J connectivity index is 4.17. The molecule has 0 rings (SSSR count).